The summed E-state index contributed by atoms with van der Waals surface area (Å²) in [6.45, 7) is 7.97. The van der Waals surface area contributed by atoms with Crippen molar-refractivity contribution in [3.63, 3.8) is 0 Å². The standard InChI is InChI=1S/C16H25NS/c1-4-8-17-16(14-9-10(2)18-11(14)3)15-12-6-5-7-13(12)15/h9,12-13,15-17H,4-8H2,1-3H3. The van der Waals surface area contributed by atoms with E-state index in [2.05, 4.69) is 32.2 Å². The van der Waals surface area contributed by atoms with E-state index in [4.69, 9.17) is 0 Å². The van der Waals surface area contributed by atoms with Gasteiger partial charge in [0.25, 0.3) is 0 Å². The smallest absolute Gasteiger partial charge is 0.0365 e. The third-order valence-corrected chi connectivity index (χ3v) is 5.87. The molecule has 1 aromatic heterocycles. The molecule has 18 heavy (non-hydrogen) atoms. The average Bonchev–Trinajstić information content (AvgIpc) is 2.71. The Morgan fingerprint density at radius 1 is 1.33 bits per heavy atom. The van der Waals surface area contributed by atoms with Gasteiger partial charge in [0.15, 0.2) is 0 Å². The fourth-order valence-corrected chi connectivity index (χ4v) is 5.06. The molecule has 3 unspecified atom stereocenters. The third kappa shape index (κ3) is 2.14. The van der Waals surface area contributed by atoms with Crippen LogP contribution in [0.25, 0.3) is 0 Å². The summed E-state index contributed by atoms with van der Waals surface area (Å²) in [5.74, 6) is 3.02. The molecule has 0 spiro atoms. The van der Waals surface area contributed by atoms with E-state index in [1.807, 2.05) is 11.3 Å². The molecule has 1 aromatic rings. The van der Waals surface area contributed by atoms with Gasteiger partial charge in [-0.15, -0.1) is 11.3 Å². The number of aryl methyl sites for hydroxylation is 2. The van der Waals surface area contributed by atoms with E-state index in [0.717, 1.165) is 24.3 Å². The van der Waals surface area contributed by atoms with Gasteiger partial charge in [0.1, 0.15) is 0 Å². The maximum atomic E-state index is 3.84. The largest absolute Gasteiger partial charge is 0.310 e. The molecule has 1 heterocycles. The van der Waals surface area contributed by atoms with E-state index in [0.29, 0.717) is 6.04 Å². The van der Waals surface area contributed by atoms with Gasteiger partial charge in [0.2, 0.25) is 0 Å². The van der Waals surface area contributed by atoms with Crippen LogP contribution in [0, 0.1) is 31.6 Å². The lowest BCUT2D eigenvalue weighted by atomic mass is 9.97. The lowest BCUT2D eigenvalue weighted by Gasteiger charge is -2.20. The number of hydrogen-bond donors (Lipinski definition) is 1. The Labute approximate surface area is 115 Å². The number of hydrogen-bond acceptors (Lipinski definition) is 2. The van der Waals surface area contributed by atoms with E-state index in [9.17, 15) is 0 Å². The van der Waals surface area contributed by atoms with Crippen molar-refractivity contribution in [1.82, 2.24) is 5.32 Å². The molecular weight excluding hydrogens is 238 g/mol. The Morgan fingerprint density at radius 3 is 2.61 bits per heavy atom. The molecule has 1 N–H and O–H groups in total. The van der Waals surface area contributed by atoms with Gasteiger partial charge in [-0.05, 0) is 69.0 Å². The van der Waals surface area contributed by atoms with Crippen LogP contribution in [-0.2, 0) is 0 Å². The lowest BCUT2D eigenvalue weighted by Crippen LogP contribution is -2.25. The molecule has 0 bridgehead atoms. The molecule has 0 amide bonds. The summed E-state index contributed by atoms with van der Waals surface area (Å²) in [6.07, 6.45) is 5.69. The lowest BCUT2D eigenvalue weighted by molar-refractivity contribution is 0.417. The molecule has 2 saturated carbocycles. The first-order valence-electron chi connectivity index (χ1n) is 7.52. The van der Waals surface area contributed by atoms with Gasteiger partial charge in [-0.25, -0.2) is 0 Å². The van der Waals surface area contributed by atoms with Crippen molar-refractivity contribution in [2.45, 2.75) is 52.5 Å². The number of fused-ring (bicyclic) bond motifs is 1. The molecular formula is C16H25NS. The third-order valence-electron chi connectivity index (χ3n) is 4.89. The summed E-state index contributed by atoms with van der Waals surface area (Å²) in [5.41, 5.74) is 1.60. The highest BCUT2D eigenvalue weighted by Gasteiger charge is 2.56. The van der Waals surface area contributed by atoms with Gasteiger partial charge in [0, 0.05) is 15.8 Å². The zero-order chi connectivity index (χ0) is 12.7. The second-order valence-corrected chi connectivity index (χ2v) is 7.60. The highest BCUT2D eigenvalue weighted by molar-refractivity contribution is 7.12. The molecule has 2 heteroatoms. The van der Waals surface area contributed by atoms with Crippen molar-refractivity contribution in [2.24, 2.45) is 17.8 Å². The summed E-state index contributed by atoms with van der Waals surface area (Å²) >= 11 is 1.96. The minimum absolute atomic E-state index is 0.644. The monoisotopic (exact) mass is 263 g/mol. The van der Waals surface area contributed by atoms with E-state index >= 15 is 0 Å². The molecule has 0 saturated heterocycles. The maximum Gasteiger partial charge on any atom is 0.0365 e. The van der Waals surface area contributed by atoms with Gasteiger partial charge < -0.3 is 5.32 Å². The van der Waals surface area contributed by atoms with Crippen LogP contribution >= 0.6 is 11.3 Å². The van der Waals surface area contributed by atoms with Gasteiger partial charge in [0.05, 0.1) is 0 Å². The van der Waals surface area contributed by atoms with Crippen LogP contribution in [0.1, 0.15) is 54.0 Å². The molecule has 2 aliphatic rings. The zero-order valence-electron chi connectivity index (χ0n) is 11.8. The van der Waals surface area contributed by atoms with Crippen molar-refractivity contribution in [3.8, 4) is 0 Å². The molecule has 1 nitrogen and oxygen atoms in total. The van der Waals surface area contributed by atoms with Crippen LogP contribution in [0.4, 0.5) is 0 Å². The van der Waals surface area contributed by atoms with Crippen LogP contribution in [0.2, 0.25) is 0 Å². The number of nitrogens with one attached hydrogen (secondary N) is 1. The Hall–Kier alpha value is -0.340. The fourth-order valence-electron chi connectivity index (χ4n) is 4.08. The first kappa shape index (κ1) is 12.7. The predicted molar refractivity (Wildman–Crippen MR) is 79.1 cm³/mol. The van der Waals surface area contributed by atoms with Gasteiger partial charge in [-0.2, -0.15) is 0 Å². The first-order valence-corrected chi connectivity index (χ1v) is 8.34. The van der Waals surface area contributed by atoms with Crippen LogP contribution in [0.15, 0.2) is 6.07 Å². The molecule has 3 rings (SSSR count). The topological polar surface area (TPSA) is 12.0 Å². The predicted octanol–water partition coefficient (Wildman–Crippen LogP) is 4.45. The van der Waals surface area contributed by atoms with Crippen molar-refractivity contribution < 1.29 is 0 Å². The Bertz CT molecular complexity index is 413. The fraction of sp³-hybridized carbons (Fsp3) is 0.750. The van der Waals surface area contributed by atoms with Crippen LogP contribution < -0.4 is 5.32 Å². The summed E-state index contributed by atoms with van der Waals surface area (Å²) in [5, 5.41) is 3.84. The van der Waals surface area contributed by atoms with Gasteiger partial charge in [-0.1, -0.05) is 13.3 Å². The summed E-state index contributed by atoms with van der Waals surface area (Å²) < 4.78 is 0. The van der Waals surface area contributed by atoms with E-state index < -0.39 is 0 Å². The molecule has 100 valence electrons. The minimum atomic E-state index is 0.644. The molecule has 2 aliphatic carbocycles. The Balaban J connectivity index is 1.79. The quantitative estimate of drug-likeness (QED) is 0.827. The van der Waals surface area contributed by atoms with E-state index in [1.165, 1.54) is 35.4 Å². The van der Waals surface area contributed by atoms with Crippen molar-refractivity contribution in [1.29, 1.82) is 0 Å². The van der Waals surface area contributed by atoms with Crippen LogP contribution in [0.3, 0.4) is 0 Å². The Kier molecular flexibility index (Phi) is 3.50. The highest BCUT2D eigenvalue weighted by Crippen LogP contribution is 2.62. The molecule has 0 radical (unpaired) electrons. The minimum Gasteiger partial charge on any atom is -0.310 e. The summed E-state index contributed by atoms with van der Waals surface area (Å²) in [6, 6.07) is 3.08. The first-order chi connectivity index (χ1) is 8.72. The average molecular weight is 263 g/mol. The Morgan fingerprint density at radius 2 is 2.06 bits per heavy atom. The molecule has 3 atom stereocenters. The molecule has 2 fully saturated rings. The summed E-state index contributed by atoms with van der Waals surface area (Å²) in [4.78, 5) is 3.00. The van der Waals surface area contributed by atoms with Gasteiger partial charge >= 0.3 is 0 Å². The molecule has 0 aromatic carbocycles. The van der Waals surface area contributed by atoms with Crippen LogP contribution in [-0.4, -0.2) is 6.54 Å². The summed E-state index contributed by atoms with van der Waals surface area (Å²) in [7, 11) is 0. The zero-order valence-corrected chi connectivity index (χ0v) is 12.6. The second kappa shape index (κ2) is 4.97. The van der Waals surface area contributed by atoms with E-state index in [-0.39, 0.29) is 0 Å². The molecule has 0 aliphatic heterocycles. The number of rotatable bonds is 5. The SMILES string of the molecule is CCCNC(c1cc(C)sc1C)C1C2CCCC21. The van der Waals surface area contributed by atoms with Crippen molar-refractivity contribution in [2.75, 3.05) is 6.54 Å². The normalized spacial score (nSPS) is 31.4. The van der Waals surface area contributed by atoms with E-state index in [1.54, 1.807) is 5.56 Å². The highest BCUT2D eigenvalue weighted by atomic mass is 32.1. The van der Waals surface area contributed by atoms with Gasteiger partial charge in [-0.3, -0.25) is 0 Å². The maximum absolute atomic E-state index is 3.84. The van der Waals surface area contributed by atoms with Crippen molar-refractivity contribution in [3.05, 3.63) is 21.4 Å². The van der Waals surface area contributed by atoms with Crippen molar-refractivity contribution >= 4 is 11.3 Å². The number of thiophene rings is 1. The van der Waals surface area contributed by atoms with Crippen LogP contribution in [0.5, 0.6) is 0 Å². The second-order valence-electron chi connectivity index (χ2n) is 6.14.